The number of aliphatic hydroxyl groups is 1. The molecule has 0 aliphatic carbocycles. The van der Waals surface area contributed by atoms with Crippen LogP contribution in [0.15, 0.2) is 29.2 Å². The number of carbonyl (C=O) groups is 1. The molecule has 1 aromatic carbocycles. The second-order valence-corrected chi connectivity index (χ2v) is 7.88. The Labute approximate surface area is 142 Å². The molecule has 1 aliphatic heterocycles. The van der Waals surface area contributed by atoms with E-state index in [-0.39, 0.29) is 17.3 Å². The molecule has 24 heavy (non-hydrogen) atoms. The number of carbonyl (C=O) groups excluding carboxylic acids is 1. The van der Waals surface area contributed by atoms with E-state index in [1.807, 2.05) is 6.92 Å². The van der Waals surface area contributed by atoms with Crippen molar-refractivity contribution in [2.24, 2.45) is 0 Å². The minimum atomic E-state index is -3.53. The van der Waals surface area contributed by atoms with E-state index in [9.17, 15) is 18.3 Å². The standard InChI is InChI=1S/C16H25N3O4S/c1-2-9-19-24(22,23)14-6-4-13(5-7-14)15(20)18-12-16(21)8-3-10-17-11-16/h4-7,17,19,21H,2-3,8-12H2,1H3,(H,18,20)/t16-/m1/s1. The van der Waals surface area contributed by atoms with Gasteiger partial charge in [0.2, 0.25) is 10.0 Å². The smallest absolute Gasteiger partial charge is 0.251 e. The van der Waals surface area contributed by atoms with Crippen molar-refractivity contribution < 1.29 is 18.3 Å². The minimum Gasteiger partial charge on any atom is -0.387 e. The largest absolute Gasteiger partial charge is 0.387 e. The first-order valence-corrected chi connectivity index (χ1v) is 9.66. The lowest BCUT2D eigenvalue weighted by molar-refractivity contribution is 0.0170. The van der Waals surface area contributed by atoms with E-state index in [0.29, 0.717) is 31.5 Å². The molecule has 7 nitrogen and oxygen atoms in total. The average Bonchev–Trinajstić information content (AvgIpc) is 2.59. The van der Waals surface area contributed by atoms with Gasteiger partial charge in [0.1, 0.15) is 0 Å². The van der Waals surface area contributed by atoms with Crippen molar-refractivity contribution in [2.75, 3.05) is 26.2 Å². The topological polar surface area (TPSA) is 108 Å². The van der Waals surface area contributed by atoms with Gasteiger partial charge in [-0.05, 0) is 50.1 Å². The van der Waals surface area contributed by atoms with Gasteiger partial charge in [0, 0.05) is 25.2 Å². The number of β-amino-alcohol motifs (C(OH)–C–C–N with tert-alkyl or cyclic N) is 1. The molecule has 1 atom stereocenters. The molecule has 1 aromatic rings. The molecule has 1 amide bonds. The number of hydrogen-bond acceptors (Lipinski definition) is 5. The van der Waals surface area contributed by atoms with Crippen LogP contribution in [0, 0.1) is 0 Å². The number of amides is 1. The number of benzene rings is 1. The fraction of sp³-hybridized carbons (Fsp3) is 0.562. The molecule has 0 unspecified atom stereocenters. The molecule has 0 saturated carbocycles. The van der Waals surface area contributed by atoms with Crippen LogP contribution in [0.4, 0.5) is 0 Å². The second-order valence-electron chi connectivity index (χ2n) is 6.11. The van der Waals surface area contributed by atoms with Crippen molar-refractivity contribution in [1.82, 2.24) is 15.4 Å². The van der Waals surface area contributed by atoms with Crippen LogP contribution in [0.3, 0.4) is 0 Å². The highest BCUT2D eigenvalue weighted by molar-refractivity contribution is 7.89. The lowest BCUT2D eigenvalue weighted by Crippen LogP contribution is -2.52. The highest BCUT2D eigenvalue weighted by atomic mass is 32.2. The summed E-state index contributed by atoms with van der Waals surface area (Å²) in [5.41, 5.74) is -0.571. The summed E-state index contributed by atoms with van der Waals surface area (Å²) in [6.07, 6.45) is 2.21. The summed E-state index contributed by atoms with van der Waals surface area (Å²) < 4.78 is 26.5. The Morgan fingerprint density at radius 2 is 2.04 bits per heavy atom. The van der Waals surface area contributed by atoms with E-state index in [0.717, 1.165) is 13.0 Å². The van der Waals surface area contributed by atoms with Gasteiger partial charge in [0.15, 0.2) is 0 Å². The summed E-state index contributed by atoms with van der Waals surface area (Å²) in [6.45, 7) is 3.74. The van der Waals surface area contributed by atoms with Crippen molar-refractivity contribution >= 4 is 15.9 Å². The first-order chi connectivity index (χ1) is 11.4. The summed E-state index contributed by atoms with van der Waals surface area (Å²) >= 11 is 0. The number of sulfonamides is 1. The molecule has 0 bridgehead atoms. The van der Waals surface area contributed by atoms with Crippen LogP contribution in [0.2, 0.25) is 0 Å². The maximum Gasteiger partial charge on any atom is 0.251 e. The van der Waals surface area contributed by atoms with Gasteiger partial charge in [-0.1, -0.05) is 6.92 Å². The monoisotopic (exact) mass is 355 g/mol. The fourth-order valence-corrected chi connectivity index (χ4v) is 3.69. The first kappa shape index (κ1) is 18.9. The van der Waals surface area contributed by atoms with Crippen molar-refractivity contribution in [3.05, 3.63) is 29.8 Å². The Balaban J connectivity index is 1.96. The lowest BCUT2D eigenvalue weighted by atomic mass is 9.94. The predicted octanol–water partition coefficient (Wildman–Crippen LogP) is 0.219. The quantitative estimate of drug-likeness (QED) is 0.560. The summed E-state index contributed by atoms with van der Waals surface area (Å²) in [5.74, 6) is -0.334. The molecule has 2 rings (SSSR count). The summed E-state index contributed by atoms with van der Waals surface area (Å²) in [6, 6.07) is 5.76. The van der Waals surface area contributed by atoms with Gasteiger partial charge in [-0.2, -0.15) is 0 Å². The third-order valence-corrected chi connectivity index (χ3v) is 5.47. The molecule has 134 valence electrons. The third-order valence-electron chi connectivity index (χ3n) is 4.00. The highest BCUT2D eigenvalue weighted by Gasteiger charge is 2.29. The maximum atomic E-state index is 12.2. The van der Waals surface area contributed by atoms with Crippen molar-refractivity contribution in [1.29, 1.82) is 0 Å². The molecule has 1 saturated heterocycles. The highest BCUT2D eigenvalue weighted by Crippen LogP contribution is 2.15. The van der Waals surface area contributed by atoms with Gasteiger partial charge in [-0.15, -0.1) is 0 Å². The van der Waals surface area contributed by atoms with Gasteiger partial charge >= 0.3 is 0 Å². The van der Waals surface area contributed by atoms with E-state index < -0.39 is 15.6 Å². The van der Waals surface area contributed by atoms with Gasteiger partial charge in [0.25, 0.3) is 5.91 Å². The molecule has 0 spiro atoms. The fourth-order valence-electron chi connectivity index (χ4n) is 2.55. The number of hydrogen-bond donors (Lipinski definition) is 4. The zero-order valence-corrected chi connectivity index (χ0v) is 14.7. The van der Waals surface area contributed by atoms with E-state index in [1.165, 1.54) is 24.3 Å². The van der Waals surface area contributed by atoms with Crippen LogP contribution in [0.1, 0.15) is 36.5 Å². The van der Waals surface area contributed by atoms with Crippen molar-refractivity contribution in [3.63, 3.8) is 0 Å². The van der Waals surface area contributed by atoms with E-state index in [1.54, 1.807) is 0 Å². The molecular formula is C16H25N3O4S. The number of rotatable bonds is 7. The Morgan fingerprint density at radius 1 is 1.33 bits per heavy atom. The van der Waals surface area contributed by atoms with Gasteiger partial charge in [0.05, 0.1) is 10.5 Å². The molecule has 0 radical (unpaired) electrons. The van der Waals surface area contributed by atoms with Gasteiger partial charge < -0.3 is 15.7 Å². The van der Waals surface area contributed by atoms with Crippen molar-refractivity contribution in [2.45, 2.75) is 36.7 Å². The Bertz CT molecular complexity index is 652. The first-order valence-electron chi connectivity index (χ1n) is 8.17. The van der Waals surface area contributed by atoms with Gasteiger partial charge in [-0.3, -0.25) is 4.79 Å². The number of nitrogens with one attached hydrogen (secondary N) is 3. The zero-order chi connectivity index (χ0) is 17.6. The molecule has 8 heteroatoms. The molecule has 1 heterocycles. The SMILES string of the molecule is CCCNS(=O)(=O)c1ccc(C(=O)NC[C@@]2(O)CCCNC2)cc1. The van der Waals surface area contributed by atoms with Crippen LogP contribution in [-0.4, -0.2) is 51.2 Å². The Hall–Kier alpha value is -1.48. The normalized spacial score (nSPS) is 21.4. The van der Waals surface area contributed by atoms with Crippen molar-refractivity contribution in [3.8, 4) is 0 Å². The Morgan fingerprint density at radius 3 is 2.62 bits per heavy atom. The van der Waals surface area contributed by atoms with E-state index >= 15 is 0 Å². The van der Waals surface area contributed by atoms with E-state index in [4.69, 9.17) is 0 Å². The molecule has 1 fully saturated rings. The average molecular weight is 355 g/mol. The minimum absolute atomic E-state index is 0.127. The molecule has 0 aromatic heterocycles. The van der Waals surface area contributed by atoms with Crippen LogP contribution in [-0.2, 0) is 10.0 Å². The van der Waals surface area contributed by atoms with E-state index in [2.05, 4.69) is 15.4 Å². The Kier molecular flexibility index (Phi) is 6.34. The second kappa shape index (κ2) is 8.06. The third kappa shape index (κ3) is 5.01. The van der Waals surface area contributed by atoms with Crippen LogP contribution >= 0.6 is 0 Å². The maximum absolute atomic E-state index is 12.2. The molecule has 1 aliphatic rings. The summed E-state index contributed by atoms with van der Waals surface area (Å²) in [4.78, 5) is 12.3. The summed E-state index contributed by atoms with van der Waals surface area (Å²) in [5, 5.41) is 16.1. The number of piperidine rings is 1. The van der Waals surface area contributed by atoms with Crippen LogP contribution < -0.4 is 15.4 Å². The van der Waals surface area contributed by atoms with Crippen LogP contribution in [0.5, 0.6) is 0 Å². The summed E-state index contributed by atoms with van der Waals surface area (Å²) in [7, 11) is -3.53. The van der Waals surface area contributed by atoms with Gasteiger partial charge in [-0.25, -0.2) is 13.1 Å². The molecule has 4 N–H and O–H groups in total. The van der Waals surface area contributed by atoms with Crippen LogP contribution in [0.25, 0.3) is 0 Å². The molecular weight excluding hydrogens is 330 g/mol. The predicted molar refractivity (Wildman–Crippen MR) is 91.3 cm³/mol. The zero-order valence-electron chi connectivity index (χ0n) is 13.8. The lowest BCUT2D eigenvalue weighted by Gasteiger charge is -2.32.